The van der Waals surface area contributed by atoms with Gasteiger partial charge in [0.15, 0.2) is 6.61 Å². The minimum Gasteiger partial charge on any atom is -0.468 e. The third kappa shape index (κ3) is 6.72. The fourth-order valence-corrected chi connectivity index (χ4v) is 2.05. The van der Waals surface area contributed by atoms with Crippen LogP contribution in [0.4, 0.5) is 18.0 Å². The van der Waals surface area contributed by atoms with Crippen molar-refractivity contribution in [3.05, 3.63) is 23.9 Å². The Balaban J connectivity index is 1.73. The van der Waals surface area contributed by atoms with E-state index in [4.69, 9.17) is 4.74 Å². The van der Waals surface area contributed by atoms with Crippen molar-refractivity contribution in [2.24, 2.45) is 0 Å². The maximum absolute atomic E-state index is 12.1. The molecular formula is C14H18F3N3O3. The first-order chi connectivity index (χ1) is 10.9. The third-order valence-corrected chi connectivity index (χ3v) is 3.15. The summed E-state index contributed by atoms with van der Waals surface area (Å²) in [6, 6.07) is 2.57. The highest BCUT2D eigenvalue weighted by Crippen LogP contribution is 2.17. The van der Waals surface area contributed by atoms with Crippen LogP contribution >= 0.6 is 0 Å². The molecule has 1 atom stereocenters. The van der Waals surface area contributed by atoms with Crippen LogP contribution in [0.15, 0.2) is 18.3 Å². The summed E-state index contributed by atoms with van der Waals surface area (Å²) in [4.78, 5) is 15.3. The molecule has 1 aliphatic heterocycles. The summed E-state index contributed by atoms with van der Waals surface area (Å²) in [6.45, 7) is -0.102. The molecule has 6 nitrogen and oxygen atoms in total. The molecule has 1 aromatic rings. The predicted octanol–water partition coefficient (Wildman–Crippen LogP) is 2.00. The molecule has 128 valence electrons. The first kappa shape index (κ1) is 17.3. The molecule has 1 fully saturated rings. The van der Waals surface area contributed by atoms with Crippen LogP contribution < -0.4 is 15.4 Å². The molecule has 23 heavy (non-hydrogen) atoms. The number of aromatic nitrogens is 1. The van der Waals surface area contributed by atoms with E-state index in [2.05, 4.69) is 20.4 Å². The van der Waals surface area contributed by atoms with Gasteiger partial charge < -0.3 is 20.1 Å². The molecule has 0 unspecified atom stereocenters. The van der Waals surface area contributed by atoms with Gasteiger partial charge in [-0.1, -0.05) is 0 Å². The Morgan fingerprint density at radius 2 is 2.26 bits per heavy atom. The van der Waals surface area contributed by atoms with Crippen molar-refractivity contribution >= 4 is 6.03 Å². The van der Waals surface area contributed by atoms with E-state index in [-0.39, 0.29) is 24.6 Å². The number of urea groups is 1. The van der Waals surface area contributed by atoms with Gasteiger partial charge >= 0.3 is 12.2 Å². The number of alkyl halides is 3. The van der Waals surface area contributed by atoms with Gasteiger partial charge in [0.05, 0.1) is 6.10 Å². The Kier molecular flexibility index (Phi) is 6.03. The summed E-state index contributed by atoms with van der Waals surface area (Å²) in [5.41, 5.74) is 0.587. The van der Waals surface area contributed by atoms with Crippen molar-refractivity contribution in [3.63, 3.8) is 0 Å². The van der Waals surface area contributed by atoms with Gasteiger partial charge in [0, 0.05) is 32.0 Å². The van der Waals surface area contributed by atoms with E-state index >= 15 is 0 Å². The molecule has 9 heteroatoms. The number of rotatable bonds is 6. The molecule has 0 spiro atoms. The number of carbonyl (C=O) groups excluding carboxylic acids is 1. The lowest BCUT2D eigenvalue weighted by Gasteiger charge is -2.12. The average Bonchev–Trinajstić information content (AvgIpc) is 3.02. The number of halogens is 3. The van der Waals surface area contributed by atoms with Gasteiger partial charge in [-0.25, -0.2) is 9.78 Å². The van der Waals surface area contributed by atoms with E-state index in [1.54, 1.807) is 6.07 Å². The monoisotopic (exact) mass is 333 g/mol. The van der Waals surface area contributed by atoms with Crippen molar-refractivity contribution < 1.29 is 27.4 Å². The average molecular weight is 333 g/mol. The number of nitrogens with zero attached hydrogens (tertiary/aromatic N) is 1. The lowest BCUT2D eigenvalue weighted by Crippen LogP contribution is -2.39. The van der Waals surface area contributed by atoms with E-state index in [9.17, 15) is 18.0 Å². The number of amides is 2. The first-order valence-electron chi connectivity index (χ1n) is 7.20. The maximum Gasteiger partial charge on any atom is 0.422 e. The predicted molar refractivity (Wildman–Crippen MR) is 75.0 cm³/mol. The molecule has 0 aliphatic carbocycles. The normalized spacial score (nSPS) is 17.8. The van der Waals surface area contributed by atoms with Crippen molar-refractivity contribution in [2.45, 2.75) is 31.7 Å². The Labute approximate surface area is 131 Å². The van der Waals surface area contributed by atoms with Gasteiger partial charge in [0.2, 0.25) is 5.88 Å². The zero-order valence-corrected chi connectivity index (χ0v) is 12.4. The van der Waals surface area contributed by atoms with Gasteiger partial charge in [0.25, 0.3) is 0 Å². The number of ether oxygens (including phenoxy) is 2. The third-order valence-electron chi connectivity index (χ3n) is 3.15. The molecule has 2 rings (SSSR count). The van der Waals surface area contributed by atoms with Crippen LogP contribution in [-0.2, 0) is 11.3 Å². The Hall–Kier alpha value is -2.03. The topological polar surface area (TPSA) is 72.5 Å². The molecular weight excluding hydrogens is 315 g/mol. The van der Waals surface area contributed by atoms with Crippen LogP contribution in [0, 0.1) is 0 Å². The smallest absolute Gasteiger partial charge is 0.422 e. The van der Waals surface area contributed by atoms with E-state index in [1.165, 1.54) is 12.3 Å². The molecule has 0 aromatic carbocycles. The van der Waals surface area contributed by atoms with Crippen LogP contribution in [0.2, 0.25) is 0 Å². The van der Waals surface area contributed by atoms with E-state index in [0.717, 1.165) is 12.8 Å². The Morgan fingerprint density at radius 3 is 2.96 bits per heavy atom. The summed E-state index contributed by atoms with van der Waals surface area (Å²) in [5.74, 6) is -0.138. The Morgan fingerprint density at radius 1 is 1.43 bits per heavy atom. The van der Waals surface area contributed by atoms with Crippen LogP contribution in [0.25, 0.3) is 0 Å². The molecule has 0 radical (unpaired) electrons. The number of pyridine rings is 1. The van der Waals surface area contributed by atoms with Crippen molar-refractivity contribution in [3.8, 4) is 5.88 Å². The van der Waals surface area contributed by atoms with Crippen molar-refractivity contribution in [1.29, 1.82) is 0 Å². The molecule has 2 heterocycles. The summed E-state index contributed by atoms with van der Waals surface area (Å²) in [7, 11) is 0. The molecule has 0 bridgehead atoms. The number of hydrogen-bond donors (Lipinski definition) is 2. The largest absolute Gasteiger partial charge is 0.468 e. The molecule has 0 saturated carbocycles. The summed E-state index contributed by atoms with van der Waals surface area (Å²) < 4.78 is 46.2. The molecule has 1 aliphatic rings. The highest BCUT2D eigenvalue weighted by Gasteiger charge is 2.28. The van der Waals surface area contributed by atoms with Gasteiger partial charge in [-0.15, -0.1) is 0 Å². The molecule has 1 saturated heterocycles. The Bertz CT molecular complexity index is 519. The van der Waals surface area contributed by atoms with E-state index in [0.29, 0.717) is 18.7 Å². The molecule has 1 aromatic heterocycles. The number of hydrogen-bond acceptors (Lipinski definition) is 4. The van der Waals surface area contributed by atoms with E-state index < -0.39 is 12.8 Å². The lowest BCUT2D eigenvalue weighted by molar-refractivity contribution is -0.154. The van der Waals surface area contributed by atoms with Crippen molar-refractivity contribution in [2.75, 3.05) is 19.8 Å². The zero-order valence-electron chi connectivity index (χ0n) is 12.4. The summed E-state index contributed by atoms with van der Waals surface area (Å²) in [6.07, 6.45) is -1.13. The van der Waals surface area contributed by atoms with Gasteiger partial charge in [0.1, 0.15) is 0 Å². The van der Waals surface area contributed by atoms with E-state index in [1.807, 2.05) is 0 Å². The first-order valence-corrected chi connectivity index (χ1v) is 7.20. The second kappa shape index (κ2) is 8.00. The summed E-state index contributed by atoms with van der Waals surface area (Å²) >= 11 is 0. The lowest BCUT2D eigenvalue weighted by atomic mass is 10.2. The molecule has 2 N–H and O–H groups in total. The number of carbonyl (C=O) groups is 1. The summed E-state index contributed by atoms with van der Waals surface area (Å²) in [5, 5.41) is 5.30. The van der Waals surface area contributed by atoms with Crippen LogP contribution in [-0.4, -0.2) is 43.1 Å². The van der Waals surface area contributed by atoms with Crippen LogP contribution in [0.3, 0.4) is 0 Å². The van der Waals surface area contributed by atoms with Gasteiger partial charge in [-0.05, 0) is 24.5 Å². The SMILES string of the molecule is O=C(NCc1ccnc(OCC(F)(F)F)c1)NC[C@H]1CCCO1. The van der Waals surface area contributed by atoms with Gasteiger partial charge in [-0.3, -0.25) is 0 Å². The second-order valence-electron chi connectivity index (χ2n) is 5.10. The fraction of sp³-hybridized carbons (Fsp3) is 0.571. The second-order valence-corrected chi connectivity index (χ2v) is 5.10. The highest BCUT2D eigenvalue weighted by atomic mass is 19.4. The van der Waals surface area contributed by atoms with Crippen LogP contribution in [0.5, 0.6) is 5.88 Å². The minimum absolute atomic E-state index is 0.0454. The minimum atomic E-state index is -4.42. The fourth-order valence-electron chi connectivity index (χ4n) is 2.05. The molecule has 2 amide bonds. The maximum atomic E-state index is 12.1. The quantitative estimate of drug-likeness (QED) is 0.835. The highest BCUT2D eigenvalue weighted by molar-refractivity contribution is 5.73. The van der Waals surface area contributed by atoms with Crippen LogP contribution in [0.1, 0.15) is 18.4 Å². The standard InChI is InChI=1S/C14H18F3N3O3/c15-14(16,17)9-23-12-6-10(3-4-18-12)7-19-13(21)20-8-11-2-1-5-22-11/h3-4,6,11H,1-2,5,7-9H2,(H2,19,20,21)/t11-/m1/s1. The number of nitrogens with one attached hydrogen (secondary N) is 2. The van der Waals surface area contributed by atoms with Crippen molar-refractivity contribution in [1.82, 2.24) is 15.6 Å². The zero-order chi connectivity index (χ0) is 16.7. The van der Waals surface area contributed by atoms with Gasteiger partial charge in [-0.2, -0.15) is 13.2 Å².